The normalized spacial score (nSPS) is 34.3. The maximum absolute atomic E-state index is 2.25. The zero-order valence-corrected chi connectivity index (χ0v) is 11.6. The minimum absolute atomic E-state index is 0.662. The molecule has 4 heteroatoms. The first-order valence-corrected chi connectivity index (χ1v) is 9.33. The van der Waals surface area contributed by atoms with E-state index in [1.54, 1.807) is 0 Å². The Morgan fingerprint density at radius 2 is 0.786 bits per heavy atom. The molecule has 0 nitrogen and oxygen atoms in total. The molecule has 0 aromatic heterocycles. The fraction of sp³-hybridized carbons (Fsp3) is 1.00. The number of hydrogen-bond acceptors (Lipinski definition) is 4. The molecule has 14 heavy (non-hydrogen) atoms. The van der Waals surface area contributed by atoms with Crippen molar-refractivity contribution in [3.05, 3.63) is 0 Å². The second-order valence-corrected chi connectivity index (χ2v) is 10.6. The third-order valence-corrected chi connectivity index (χ3v) is 10.7. The lowest BCUT2D eigenvalue weighted by Gasteiger charge is -2.40. The third-order valence-electron chi connectivity index (χ3n) is 3.40. The molecule has 0 bridgehead atoms. The van der Waals surface area contributed by atoms with Gasteiger partial charge in [-0.25, -0.2) is 0 Å². The summed E-state index contributed by atoms with van der Waals surface area (Å²) in [5.41, 5.74) is 0. The largest absolute Gasteiger partial charge is 0.143 e. The lowest BCUT2D eigenvalue weighted by molar-refractivity contribution is 0.482. The van der Waals surface area contributed by atoms with Crippen molar-refractivity contribution in [1.82, 2.24) is 0 Å². The van der Waals surface area contributed by atoms with E-state index in [-0.39, 0.29) is 0 Å². The molecule has 0 aromatic rings. The molecule has 0 unspecified atom stereocenters. The van der Waals surface area contributed by atoms with Gasteiger partial charge in [-0.3, -0.25) is 0 Å². The van der Waals surface area contributed by atoms with Crippen molar-refractivity contribution in [2.45, 2.75) is 33.8 Å². The van der Waals surface area contributed by atoms with Gasteiger partial charge in [0.1, 0.15) is 0 Å². The Kier molecular flexibility index (Phi) is 3.02. The van der Waals surface area contributed by atoms with Gasteiger partial charge in [-0.1, -0.05) is 0 Å². The van der Waals surface area contributed by atoms with Gasteiger partial charge in [-0.15, -0.1) is 47.0 Å². The summed E-state index contributed by atoms with van der Waals surface area (Å²) in [5, 5.41) is 0. The molecule has 2 saturated heterocycles. The van der Waals surface area contributed by atoms with Crippen molar-refractivity contribution in [2.24, 2.45) is 0 Å². The molecular weight excluding hydrogens is 248 g/mol. The molecule has 0 N–H and O–H groups in total. The minimum Gasteiger partial charge on any atom is -0.143 e. The van der Waals surface area contributed by atoms with Gasteiger partial charge < -0.3 is 0 Å². The molecule has 2 aliphatic heterocycles. The monoisotopic (exact) mass is 264 g/mol. The van der Waals surface area contributed by atoms with Gasteiger partial charge in [0.05, 0.1) is 8.16 Å². The van der Waals surface area contributed by atoms with Gasteiger partial charge in [0.15, 0.2) is 0 Å². The van der Waals surface area contributed by atoms with Crippen molar-refractivity contribution in [3.8, 4) is 0 Å². The maximum atomic E-state index is 2.25. The Bertz CT molecular complexity index is 180. The van der Waals surface area contributed by atoms with Crippen LogP contribution in [0.5, 0.6) is 0 Å². The second kappa shape index (κ2) is 4.01. The third kappa shape index (κ3) is 1.85. The van der Waals surface area contributed by atoms with Gasteiger partial charge >= 0.3 is 0 Å². The molecule has 2 heterocycles. The lowest BCUT2D eigenvalue weighted by Crippen LogP contribution is -2.32. The highest BCUT2D eigenvalue weighted by Gasteiger charge is 2.47. The molecule has 0 radical (unpaired) electrons. The molecule has 3 fully saturated rings. The standard InChI is InChI=1S/C10H16S4/c1-2-10(13-7-8-14-10)4-3-9(1)11-5-6-12-9/h1-8H2. The zero-order valence-electron chi connectivity index (χ0n) is 8.29. The van der Waals surface area contributed by atoms with Crippen molar-refractivity contribution in [2.75, 3.05) is 23.0 Å². The fourth-order valence-electron chi connectivity index (χ4n) is 2.58. The fourth-order valence-corrected chi connectivity index (χ4v) is 9.04. The molecule has 1 aliphatic carbocycles. The summed E-state index contributed by atoms with van der Waals surface area (Å²) in [5.74, 6) is 5.60. The smallest absolute Gasteiger partial charge is 0.0613 e. The van der Waals surface area contributed by atoms with Crippen LogP contribution in [0, 0.1) is 0 Å². The van der Waals surface area contributed by atoms with E-state index in [0.29, 0.717) is 8.16 Å². The number of hydrogen-bond donors (Lipinski definition) is 0. The van der Waals surface area contributed by atoms with Crippen LogP contribution in [0.25, 0.3) is 0 Å². The average Bonchev–Trinajstić information content (AvgIpc) is 2.81. The highest BCUT2D eigenvalue weighted by atomic mass is 32.2. The Morgan fingerprint density at radius 1 is 0.500 bits per heavy atom. The SMILES string of the molecule is C1CSC2(CCC3(CC2)SCCS3)S1. The highest BCUT2D eigenvalue weighted by Crippen LogP contribution is 2.61. The first kappa shape index (κ1) is 10.5. The van der Waals surface area contributed by atoms with E-state index >= 15 is 0 Å². The molecular formula is C10H16S4. The second-order valence-electron chi connectivity index (χ2n) is 4.22. The first-order valence-electron chi connectivity index (χ1n) is 5.39. The van der Waals surface area contributed by atoms with E-state index in [9.17, 15) is 0 Å². The van der Waals surface area contributed by atoms with Crippen molar-refractivity contribution in [3.63, 3.8) is 0 Å². The van der Waals surface area contributed by atoms with Gasteiger partial charge in [0.25, 0.3) is 0 Å². The molecule has 3 aliphatic rings. The molecule has 80 valence electrons. The van der Waals surface area contributed by atoms with E-state index in [4.69, 9.17) is 0 Å². The van der Waals surface area contributed by atoms with E-state index in [0.717, 1.165) is 0 Å². The van der Waals surface area contributed by atoms with E-state index in [2.05, 4.69) is 47.0 Å². The summed E-state index contributed by atoms with van der Waals surface area (Å²) in [6.45, 7) is 0. The maximum Gasteiger partial charge on any atom is 0.0613 e. The zero-order chi connectivity index (χ0) is 9.49. The van der Waals surface area contributed by atoms with Crippen LogP contribution in [0.4, 0.5) is 0 Å². The van der Waals surface area contributed by atoms with E-state index in [1.807, 2.05) is 0 Å². The van der Waals surface area contributed by atoms with Crippen LogP contribution >= 0.6 is 47.0 Å². The summed E-state index contributed by atoms with van der Waals surface area (Å²) in [4.78, 5) is 0. The summed E-state index contributed by atoms with van der Waals surface area (Å²) < 4.78 is 1.32. The predicted molar refractivity (Wildman–Crippen MR) is 73.8 cm³/mol. The Labute approximate surface area is 103 Å². The Hall–Kier alpha value is 1.40. The topological polar surface area (TPSA) is 0 Å². The summed E-state index contributed by atoms with van der Waals surface area (Å²) in [7, 11) is 0. The van der Waals surface area contributed by atoms with Crippen molar-refractivity contribution < 1.29 is 0 Å². The van der Waals surface area contributed by atoms with Gasteiger partial charge in [0.2, 0.25) is 0 Å². The van der Waals surface area contributed by atoms with Crippen LogP contribution in [0.3, 0.4) is 0 Å². The Balaban J connectivity index is 1.66. The minimum atomic E-state index is 0.662. The van der Waals surface area contributed by atoms with Crippen LogP contribution in [-0.2, 0) is 0 Å². The molecule has 3 rings (SSSR count). The molecule has 0 atom stereocenters. The molecule has 1 saturated carbocycles. The molecule has 0 aromatic carbocycles. The van der Waals surface area contributed by atoms with Crippen molar-refractivity contribution >= 4 is 47.0 Å². The summed E-state index contributed by atoms with van der Waals surface area (Å²) >= 11 is 9.01. The predicted octanol–water partition coefficient (Wildman–Crippen LogP) is 3.91. The van der Waals surface area contributed by atoms with Crippen molar-refractivity contribution in [1.29, 1.82) is 0 Å². The quantitative estimate of drug-likeness (QED) is 0.650. The van der Waals surface area contributed by atoms with E-state index < -0.39 is 0 Å². The summed E-state index contributed by atoms with van der Waals surface area (Å²) in [6, 6.07) is 0. The first-order chi connectivity index (χ1) is 6.83. The van der Waals surface area contributed by atoms with Crippen LogP contribution < -0.4 is 0 Å². The van der Waals surface area contributed by atoms with E-state index in [1.165, 1.54) is 48.7 Å². The van der Waals surface area contributed by atoms with Crippen LogP contribution in [-0.4, -0.2) is 31.2 Å². The average molecular weight is 265 g/mol. The van der Waals surface area contributed by atoms with Gasteiger partial charge in [-0.05, 0) is 25.7 Å². The van der Waals surface area contributed by atoms with Crippen LogP contribution in [0.2, 0.25) is 0 Å². The van der Waals surface area contributed by atoms with Crippen LogP contribution in [0.1, 0.15) is 25.7 Å². The highest BCUT2D eigenvalue weighted by molar-refractivity contribution is 8.22. The lowest BCUT2D eigenvalue weighted by atomic mass is 9.98. The Morgan fingerprint density at radius 3 is 1.07 bits per heavy atom. The van der Waals surface area contributed by atoms with Crippen LogP contribution in [0.15, 0.2) is 0 Å². The summed E-state index contributed by atoms with van der Waals surface area (Å²) in [6.07, 6.45) is 5.90. The molecule has 0 amide bonds. The number of thioether (sulfide) groups is 4. The molecule has 2 spiro atoms. The van der Waals surface area contributed by atoms with Gasteiger partial charge in [-0.2, -0.15) is 0 Å². The van der Waals surface area contributed by atoms with Gasteiger partial charge in [0, 0.05) is 23.0 Å². The number of rotatable bonds is 0.